The Hall–Kier alpha value is -1.70. The maximum absolute atomic E-state index is 12.3. The number of likely N-dealkylation sites (tertiary alicyclic amines) is 1. The number of rotatable bonds is 2. The quantitative estimate of drug-likeness (QED) is 0.895. The van der Waals surface area contributed by atoms with Crippen molar-refractivity contribution in [3.63, 3.8) is 0 Å². The van der Waals surface area contributed by atoms with Crippen molar-refractivity contribution >= 4 is 28.7 Å². The van der Waals surface area contributed by atoms with E-state index in [-0.39, 0.29) is 11.3 Å². The van der Waals surface area contributed by atoms with E-state index in [4.69, 9.17) is 4.74 Å². The van der Waals surface area contributed by atoms with Crippen LogP contribution >= 0.6 is 11.5 Å². The highest BCUT2D eigenvalue weighted by Crippen LogP contribution is 2.25. The summed E-state index contributed by atoms with van der Waals surface area (Å²) < 4.78 is 9.56. The Kier molecular flexibility index (Phi) is 4.66. The number of ether oxygens (including phenoxy) is 1. The van der Waals surface area contributed by atoms with Crippen molar-refractivity contribution in [2.45, 2.75) is 65.0 Å². The molecule has 2 amide bonds. The lowest BCUT2D eigenvalue weighted by Gasteiger charge is -2.39. The van der Waals surface area contributed by atoms with Gasteiger partial charge < -0.3 is 4.74 Å². The van der Waals surface area contributed by atoms with Gasteiger partial charge in [0, 0.05) is 23.5 Å². The first kappa shape index (κ1) is 17.7. The molecule has 1 aromatic heterocycles. The van der Waals surface area contributed by atoms with Gasteiger partial charge in [-0.1, -0.05) is 20.8 Å². The third-order valence-electron chi connectivity index (χ3n) is 3.28. The highest BCUT2D eigenvalue weighted by Gasteiger charge is 2.40. The Morgan fingerprint density at radius 3 is 2.35 bits per heavy atom. The number of carbonyl (C=O) groups excluding carboxylic acids is 2. The van der Waals surface area contributed by atoms with Crippen LogP contribution in [0.3, 0.4) is 0 Å². The minimum Gasteiger partial charge on any atom is -0.444 e. The van der Waals surface area contributed by atoms with Gasteiger partial charge in [0.1, 0.15) is 17.5 Å². The number of nitrogens with zero attached hydrogens (tertiary/aromatic N) is 3. The minimum absolute atomic E-state index is 0.168. The summed E-state index contributed by atoms with van der Waals surface area (Å²) in [5, 5.41) is 3.20. The van der Waals surface area contributed by atoms with Gasteiger partial charge in [0.05, 0.1) is 0 Å². The van der Waals surface area contributed by atoms with Gasteiger partial charge >= 0.3 is 6.09 Å². The van der Waals surface area contributed by atoms with Crippen molar-refractivity contribution in [3.8, 4) is 0 Å². The van der Waals surface area contributed by atoms with Crippen molar-refractivity contribution in [1.29, 1.82) is 0 Å². The molecule has 128 valence electrons. The summed E-state index contributed by atoms with van der Waals surface area (Å²) in [7, 11) is 0. The highest BCUT2D eigenvalue weighted by atomic mass is 32.1. The van der Waals surface area contributed by atoms with Crippen LogP contribution in [0.25, 0.3) is 0 Å². The summed E-state index contributed by atoms with van der Waals surface area (Å²) >= 11 is 1.15. The van der Waals surface area contributed by atoms with Gasteiger partial charge in [0.15, 0.2) is 0 Å². The number of aromatic nitrogens is 2. The van der Waals surface area contributed by atoms with Crippen LogP contribution in [0.5, 0.6) is 0 Å². The molecule has 1 aliphatic heterocycles. The molecular formula is C15H24N4O3S. The van der Waals surface area contributed by atoms with Crippen LogP contribution in [0.15, 0.2) is 0 Å². The summed E-state index contributed by atoms with van der Waals surface area (Å²) in [5.41, 5.74) is -0.743. The first-order valence-corrected chi connectivity index (χ1v) is 8.39. The van der Waals surface area contributed by atoms with Crippen molar-refractivity contribution in [3.05, 3.63) is 5.82 Å². The first-order valence-electron chi connectivity index (χ1n) is 7.62. The normalized spacial score (nSPS) is 18.3. The number of anilines is 1. The SMILES string of the molecule is CC(C)(C)OC(=O)N1CCC1C(=O)Nc1nc(C(C)(C)C)ns1. The Morgan fingerprint density at radius 1 is 1.26 bits per heavy atom. The molecule has 2 rings (SSSR count). The maximum atomic E-state index is 12.3. The number of hydrogen-bond donors (Lipinski definition) is 1. The second-order valence-corrected chi connectivity index (χ2v) is 8.39. The Balaban J connectivity index is 1.96. The molecule has 1 saturated heterocycles. The van der Waals surface area contributed by atoms with Gasteiger partial charge in [0.2, 0.25) is 11.0 Å². The van der Waals surface area contributed by atoms with Crippen molar-refractivity contribution in [1.82, 2.24) is 14.3 Å². The molecular weight excluding hydrogens is 316 g/mol. The lowest BCUT2D eigenvalue weighted by molar-refractivity contribution is -0.125. The van der Waals surface area contributed by atoms with E-state index in [2.05, 4.69) is 14.7 Å². The van der Waals surface area contributed by atoms with Crippen molar-refractivity contribution in [2.75, 3.05) is 11.9 Å². The Bertz CT molecular complexity index is 601. The molecule has 1 aliphatic rings. The molecule has 1 unspecified atom stereocenters. The molecule has 0 spiro atoms. The fourth-order valence-corrected chi connectivity index (χ4v) is 2.73. The van der Waals surface area contributed by atoms with Crippen LogP contribution in [0.1, 0.15) is 53.8 Å². The van der Waals surface area contributed by atoms with E-state index in [1.165, 1.54) is 4.90 Å². The maximum Gasteiger partial charge on any atom is 0.410 e. The molecule has 0 radical (unpaired) electrons. The molecule has 1 atom stereocenters. The van der Waals surface area contributed by atoms with Crippen molar-refractivity contribution < 1.29 is 14.3 Å². The lowest BCUT2D eigenvalue weighted by Crippen LogP contribution is -2.57. The Labute approximate surface area is 140 Å². The predicted molar refractivity (Wildman–Crippen MR) is 88.6 cm³/mol. The van der Waals surface area contributed by atoms with E-state index in [9.17, 15) is 9.59 Å². The number of nitrogens with one attached hydrogen (secondary N) is 1. The van der Waals surface area contributed by atoms with Crippen LogP contribution in [0, 0.1) is 0 Å². The molecule has 0 saturated carbocycles. The number of carbonyl (C=O) groups is 2. The molecule has 8 heteroatoms. The van der Waals surface area contributed by atoms with E-state index in [1.54, 1.807) is 20.8 Å². The molecule has 0 bridgehead atoms. The first-order chi connectivity index (χ1) is 10.5. The average Bonchev–Trinajstić information content (AvgIpc) is 2.72. The molecule has 0 aromatic carbocycles. The lowest BCUT2D eigenvalue weighted by atomic mass is 9.96. The molecule has 23 heavy (non-hydrogen) atoms. The molecule has 1 N–H and O–H groups in total. The zero-order valence-corrected chi connectivity index (χ0v) is 15.3. The van der Waals surface area contributed by atoms with E-state index in [0.717, 1.165) is 11.5 Å². The molecule has 7 nitrogen and oxygen atoms in total. The van der Waals surface area contributed by atoms with Gasteiger partial charge in [-0.2, -0.15) is 4.37 Å². The highest BCUT2D eigenvalue weighted by molar-refractivity contribution is 7.09. The monoisotopic (exact) mass is 340 g/mol. The molecule has 0 aliphatic carbocycles. The standard InChI is InChI=1S/C15H24N4O3S/c1-14(2,3)11-17-12(23-18-11)16-10(20)9-7-8-19(9)13(21)22-15(4,5)6/h9H,7-8H2,1-6H3,(H,16,17,18,20). The third-order valence-corrected chi connectivity index (χ3v) is 3.91. The molecule has 1 fully saturated rings. The van der Waals surface area contributed by atoms with E-state index >= 15 is 0 Å². The van der Waals surface area contributed by atoms with Gasteiger partial charge in [-0.25, -0.2) is 9.78 Å². The van der Waals surface area contributed by atoms with Crippen LogP contribution in [0.2, 0.25) is 0 Å². The summed E-state index contributed by atoms with van der Waals surface area (Å²) in [5.74, 6) is 0.439. The smallest absolute Gasteiger partial charge is 0.410 e. The van der Waals surface area contributed by atoms with Crippen LogP contribution < -0.4 is 5.32 Å². The van der Waals surface area contributed by atoms with Crippen LogP contribution in [0.4, 0.5) is 9.93 Å². The second-order valence-electron chi connectivity index (χ2n) is 7.64. The van der Waals surface area contributed by atoms with Crippen molar-refractivity contribution in [2.24, 2.45) is 0 Å². The van der Waals surface area contributed by atoms with Crippen LogP contribution in [-0.2, 0) is 14.9 Å². The summed E-state index contributed by atoms with van der Waals surface area (Å²) in [4.78, 5) is 30.1. The van der Waals surface area contributed by atoms with Gasteiger partial charge in [-0.15, -0.1) is 0 Å². The predicted octanol–water partition coefficient (Wildman–Crippen LogP) is 2.78. The largest absolute Gasteiger partial charge is 0.444 e. The molecule has 1 aromatic rings. The zero-order valence-electron chi connectivity index (χ0n) is 14.5. The van der Waals surface area contributed by atoms with Crippen LogP contribution in [-0.4, -0.2) is 44.4 Å². The summed E-state index contributed by atoms with van der Waals surface area (Å²) in [6.45, 7) is 12.0. The Morgan fingerprint density at radius 2 is 1.91 bits per heavy atom. The topological polar surface area (TPSA) is 84.4 Å². The van der Waals surface area contributed by atoms with E-state index in [0.29, 0.717) is 23.9 Å². The fraction of sp³-hybridized carbons (Fsp3) is 0.733. The minimum atomic E-state index is -0.575. The number of amides is 2. The molecule has 2 heterocycles. The third kappa shape index (κ3) is 4.40. The zero-order chi connectivity index (χ0) is 17.4. The summed E-state index contributed by atoms with van der Waals surface area (Å²) in [6.07, 6.45) is 0.160. The summed E-state index contributed by atoms with van der Waals surface area (Å²) in [6, 6.07) is -0.508. The fourth-order valence-electron chi connectivity index (χ4n) is 1.97. The van der Waals surface area contributed by atoms with E-state index in [1.807, 2.05) is 20.8 Å². The van der Waals surface area contributed by atoms with Gasteiger partial charge in [-0.05, 0) is 27.2 Å². The second kappa shape index (κ2) is 6.07. The average molecular weight is 340 g/mol. The van der Waals surface area contributed by atoms with Gasteiger partial charge in [-0.3, -0.25) is 15.0 Å². The number of hydrogen-bond acceptors (Lipinski definition) is 6. The van der Waals surface area contributed by atoms with Gasteiger partial charge in [0.25, 0.3) is 0 Å². The van der Waals surface area contributed by atoms with E-state index < -0.39 is 17.7 Å².